The molecular weight excluding hydrogens is 202 g/mol. The lowest BCUT2D eigenvalue weighted by atomic mass is 10.1. The number of hydrogen-bond acceptors (Lipinski definition) is 3. The maximum absolute atomic E-state index is 11.6. The van der Waals surface area contributed by atoms with Crippen molar-refractivity contribution in [2.75, 3.05) is 0 Å². The molecule has 1 aromatic heterocycles. The third-order valence-corrected chi connectivity index (χ3v) is 2.44. The van der Waals surface area contributed by atoms with Crippen LogP contribution in [-0.4, -0.2) is 17.1 Å². The van der Waals surface area contributed by atoms with Crippen molar-refractivity contribution in [3.05, 3.63) is 30.1 Å². The van der Waals surface area contributed by atoms with Gasteiger partial charge in [0, 0.05) is 24.2 Å². The van der Waals surface area contributed by atoms with E-state index in [1.165, 1.54) is 0 Å². The average Bonchev–Trinajstić information content (AvgIpc) is 2.35. The predicted molar refractivity (Wildman–Crippen MR) is 64.3 cm³/mol. The molecule has 0 saturated heterocycles. The van der Waals surface area contributed by atoms with E-state index in [1.807, 2.05) is 0 Å². The molecular formula is C12H17N3O. The van der Waals surface area contributed by atoms with Crippen LogP contribution in [0, 0.1) is 5.92 Å². The van der Waals surface area contributed by atoms with Gasteiger partial charge in [-0.15, -0.1) is 0 Å². The first-order valence-corrected chi connectivity index (χ1v) is 5.51. The lowest BCUT2D eigenvalue weighted by Crippen LogP contribution is -2.18. The molecule has 0 atom stereocenters. The fourth-order valence-electron chi connectivity index (χ4n) is 1.27. The van der Waals surface area contributed by atoms with Gasteiger partial charge >= 0.3 is 0 Å². The van der Waals surface area contributed by atoms with E-state index in [2.05, 4.69) is 29.4 Å². The number of nitrogens with one attached hydrogen (secondary N) is 1. The number of aromatic nitrogens is 1. The minimum atomic E-state index is -0.204. The number of pyridine rings is 1. The van der Waals surface area contributed by atoms with Crippen LogP contribution in [0.2, 0.25) is 0 Å². The lowest BCUT2D eigenvalue weighted by molar-refractivity contribution is 0.0955. The van der Waals surface area contributed by atoms with E-state index in [1.54, 1.807) is 30.7 Å². The topological polar surface area (TPSA) is 54.4 Å². The first-order valence-electron chi connectivity index (χ1n) is 5.51. The third-order valence-electron chi connectivity index (χ3n) is 2.44. The molecule has 1 N–H and O–H groups in total. The number of hydrogen-bond donors (Lipinski definition) is 1. The van der Waals surface area contributed by atoms with Crippen molar-refractivity contribution in [3.8, 4) is 0 Å². The highest BCUT2D eigenvalue weighted by molar-refractivity contribution is 5.94. The second kappa shape index (κ2) is 6.71. The Hall–Kier alpha value is -1.71. The molecule has 0 unspecified atom stereocenters. The van der Waals surface area contributed by atoms with Gasteiger partial charge in [0.15, 0.2) is 0 Å². The van der Waals surface area contributed by atoms with E-state index in [-0.39, 0.29) is 5.91 Å². The van der Waals surface area contributed by atoms with Crippen molar-refractivity contribution < 1.29 is 4.79 Å². The summed E-state index contributed by atoms with van der Waals surface area (Å²) < 4.78 is 0. The molecule has 0 aliphatic heterocycles. The Labute approximate surface area is 95.8 Å². The van der Waals surface area contributed by atoms with Gasteiger partial charge in [0.2, 0.25) is 0 Å². The molecule has 86 valence electrons. The van der Waals surface area contributed by atoms with Crippen LogP contribution in [-0.2, 0) is 0 Å². The van der Waals surface area contributed by atoms with Crippen molar-refractivity contribution in [1.29, 1.82) is 0 Å². The normalized spacial score (nSPS) is 10.9. The maximum atomic E-state index is 11.6. The summed E-state index contributed by atoms with van der Waals surface area (Å²) in [6, 6.07) is 3.31. The molecule has 1 aromatic rings. The Morgan fingerprint density at radius 1 is 1.44 bits per heavy atom. The van der Waals surface area contributed by atoms with Gasteiger partial charge in [-0.2, -0.15) is 5.10 Å². The standard InChI is InChI=1S/C12H17N3O/c1-3-10(4-2)9-14-15-12(16)11-5-7-13-8-6-11/h5-10H,3-4H2,1-2H3,(H,15,16). The van der Waals surface area contributed by atoms with Gasteiger partial charge in [-0.25, -0.2) is 5.43 Å². The molecule has 0 aliphatic rings. The Balaban J connectivity index is 2.47. The number of rotatable bonds is 5. The molecule has 0 aromatic carbocycles. The summed E-state index contributed by atoms with van der Waals surface area (Å²) in [6.45, 7) is 4.20. The van der Waals surface area contributed by atoms with Crippen LogP contribution in [0.4, 0.5) is 0 Å². The van der Waals surface area contributed by atoms with Crippen LogP contribution in [0.3, 0.4) is 0 Å². The molecule has 0 bridgehead atoms. The zero-order valence-corrected chi connectivity index (χ0v) is 9.68. The van der Waals surface area contributed by atoms with E-state index in [4.69, 9.17) is 0 Å². The Bertz CT molecular complexity index is 345. The number of hydrazone groups is 1. The monoisotopic (exact) mass is 219 g/mol. The number of nitrogens with zero attached hydrogens (tertiary/aromatic N) is 2. The van der Waals surface area contributed by atoms with Crippen molar-refractivity contribution in [2.45, 2.75) is 26.7 Å². The van der Waals surface area contributed by atoms with Gasteiger partial charge in [-0.3, -0.25) is 9.78 Å². The lowest BCUT2D eigenvalue weighted by Gasteiger charge is -2.04. The van der Waals surface area contributed by atoms with Gasteiger partial charge in [0.1, 0.15) is 0 Å². The van der Waals surface area contributed by atoms with Gasteiger partial charge in [-0.1, -0.05) is 13.8 Å². The van der Waals surface area contributed by atoms with Crippen molar-refractivity contribution >= 4 is 12.1 Å². The summed E-state index contributed by atoms with van der Waals surface area (Å²) in [5.41, 5.74) is 3.07. The van der Waals surface area contributed by atoms with Gasteiger partial charge < -0.3 is 0 Å². The summed E-state index contributed by atoms with van der Waals surface area (Å²) >= 11 is 0. The molecule has 0 radical (unpaired) electrons. The fraction of sp³-hybridized carbons (Fsp3) is 0.417. The van der Waals surface area contributed by atoms with Crippen LogP contribution >= 0.6 is 0 Å². The zero-order valence-electron chi connectivity index (χ0n) is 9.68. The number of amides is 1. The molecule has 0 saturated carbocycles. The quantitative estimate of drug-likeness (QED) is 0.610. The highest BCUT2D eigenvalue weighted by Gasteiger charge is 2.03. The Morgan fingerprint density at radius 3 is 2.62 bits per heavy atom. The van der Waals surface area contributed by atoms with E-state index < -0.39 is 0 Å². The van der Waals surface area contributed by atoms with E-state index in [0.29, 0.717) is 11.5 Å². The van der Waals surface area contributed by atoms with Crippen LogP contribution in [0.15, 0.2) is 29.6 Å². The summed E-state index contributed by atoms with van der Waals surface area (Å²) in [5.74, 6) is 0.224. The third kappa shape index (κ3) is 3.81. The summed E-state index contributed by atoms with van der Waals surface area (Å²) in [5, 5.41) is 3.94. The minimum Gasteiger partial charge on any atom is -0.267 e. The van der Waals surface area contributed by atoms with Crippen molar-refractivity contribution in [3.63, 3.8) is 0 Å². The van der Waals surface area contributed by atoms with Crippen LogP contribution in [0.5, 0.6) is 0 Å². The van der Waals surface area contributed by atoms with Crippen LogP contribution in [0.1, 0.15) is 37.0 Å². The van der Waals surface area contributed by atoms with E-state index in [9.17, 15) is 4.79 Å². The number of carbonyl (C=O) groups excluding carboxylic acids is 1. The second-order valence-corrected chi connectivity index (χ2v) is 3.53. The first-order chi connectivity index (χ1) is 7.77. The van der Waals surface area contributed by atoms with Gasteiger partial charge in [-0.05, 0) is 30.9 Å². The molecule has 0 spiro atoms. The minimum absolute atomic E-state index is 0.204. The summed E-state index contributed by atoms with van der Waals surface area (Å²) in [7, 11) is 0. The molecule has 1 heterocycles. The van der Waals surface area contributed by atoms with E-state index >= 15 is 0 Å². The molecule has 16 heavy (non-hydrogen) atoms. The molecule has 0 aliphatic carbocycles. The number of carbonyl (C=O) groups is 1. The smallest absolute Gasteiger partial charge is 0.267 e. The predicted octanol–water partition coefficient (Wildman–Crippen LogP) is 2.23. The SMILES string of the molecule is CCC(C=NNC(=O)c1ccncc1)CC. The summed E-state index contributed by atoms with van der Waals surface area (Å²) in [4.78, 5) is 15.4. The zero-order chi connectivity index (χ0) is 11.8. The van der Waals surface area contributed by atoms with Crippen LogP contribution < -0.4 is 5.43 Å². The van der Waals surface area contributed by atoms with Crippen molar-refractivity contribution in [2.24, 2.45) is 11.0 Å². The Morgan fingerprint density at radius 2 is 2.06 bits per heavy atom. The summed E-state index contributed by atoms with van der Waals surface area (Å²) in [6.07, 6.45) is 7.02. The highest BCUT2D eigenvalue weighted by Crippen LogP contribution is 2.03. The van der Waals surface area contributed by atoms with Gasteiger partial charge in [0.05, 0.1) is 0 Å². The van der Waals surface area contributed by atoms with Crippen molar-refractivity contribution in [1.82, 2.24) is 10.4 Å². The molecule has 4 nitrogen and oxygen atoms in total. The molecule has 1 rings (SSSR count). The van der Waals surface area contributed by atoms with Crippen LogP contribution in [0.25, 0.3) is 0 Å². The second-order valence-electron chi connectivity index (χ2n) is 3.53. The Kier molecular flexibility index (Phi) is 5.19. The molecule has 4 heteroatoms. The highest BCUT2D eigenvalue weighted by atomic mass is 16.2. The average molecular weight is 219 g/mol. The fourth-order valence-corrected chi connectivity index (χ4v) is 1.27. The largest absolute Gasteiger partial charge is 0.271 e. The first kappa shape index (κ1) is 12.4. The van der Waals surface area contributed by atoms with Gasteiger partial charge in [0.25, 0.3) is 5.91 Å². The maximum Gasteiger partial charge on any atom is 0.271 e. The molecule has 1 amide bonds. The van der Waals surface area contributed by atoms with E-state index in [0.717, 1.165) is 12.8 Å². The molecule has 0 fully saturated rings.